The molecule has 9 heteroatoms. The maximum atomic E-state index is 13.6. The van der Waals surface area contributed by atoms with E-state index in [1.165, 1.54) is 25.7 Å². The zero-order valence-corrected chi connectivity index (χ0v) is 20.0. The Balaban J connectivity index is 1.41. The molecule has 0 radical (unpaired) electrons. The Kier molecular flexibility index (Phi) is 6.45. The van der Waals surface area contributed by atoms with Gasteiger partial charge in [0.15, 0.2) is 5.82 Å². The van der Waals surface area contributed by atoms with Crippen LogP contribution in [0, 0.1) is 5.82 Å². The molecule has 36 heavy (non-hydrogen) atoms. The lowest BCUT2D eigenvalue weighted by Crippen LogP contribution is -2.23. The summed E-state index contributed by atoms with van der Waals surface area (Å²) < 4.78 is 20.7. The van der Waals surface area contributed by atoms with E-state index in [9.17, 15) is 14.0 Å². The maximum absolute atomic E-state index is 13.6. The number of anilines is 1. The van der Waals surface area contributed by atoms with E-state index >= 15 is 0 Å². The highest BCUT2D eigenvalue weighted by Gasteiger charge is 2.24. The predicted octanol–water partition coefficient (Wildman–Crippen LogP) is 4.42. The molecular weight excluding hydrogens is 461 g/mol. The predicted molar refractivity (Wildman–Crippen MR) is 136 cm³/mol. The normalized spacial score (nSPS) is 14.2. The van der Waals surface area contributed by atoms with E-state index in [-0.39, 0.29) is 23.5 Å². The number of halogens is 1. The molecule has 4 aromatic rings. The molecule has 2 heterocycles. The van der Waals surface area contributed by atoms with E-state index in [2.05, 4.69) is 15.5 Å². The van der Waals surface area contributed by atoms with Gasteiger partial charge in [-0.25, -0.2) is 9.49 Å². The molecule has 8 nitrogen and oxygen atoms in total. The average molecular weight is 490 g/mol. The van der Waals surface area contributed by atoms with E-state index < -0.39 is 11.7 Å². The van der Waals surface area contributed by atoms with Crippen molar-refractivity contribution in [2.45, 2.75) is 44.6 Å². The molecule has 186 valence electrons. The fraction of sp³-hybridized carbons (Fsp3) is 0.296. The second-order valence-electron chi connectivity index (χ2n) is 9.14. The van der Waals surface area contributed by atoms with Gasteiger partial charge in [-0.3, -0.25) is 9.59 Å². The number of nitrogens with two attached hydrogens (primary N) is 1. The molecule has 0 saturated heterocycles. The quantitative estimate of drug-likeness (QED) is 0.371. The molecule has 0 unspecified atom stereocenters. The summed E-state index contributed by atoms with van der Waals surface area (Å²) in [5.74, 6) is -0.0445. The van der Waals surface area contributed by atoms with Crippen molar-refractivity contribution in [1.82, 2.24) is 20.1 Å². The first-order chi connectivity index (χ1) is 17.5. The van der Waals surface area contributed by atoms with Crippen LogP contribution in [0.15, 0.2) is 53.5 Å². The van der Waals surface area contributed by atoms with Crippen LogP contribution in [0.25, 0.3) is 16.6 Å². The van der Waals surface area contributed by atoms with Crippen LogP contribution in [-0.4, -0.2) is 27.8 Å². The van der Waals surface area contributed by atoms with Gasteiger partial charge in [0, 0.05) is 18.4 Å². The Morgan fingerprint density at radius 3 is 2.67 bits per heavy atom. The Morgan fingerprint density at radius 1 is 1.19 bits per heavy atom. The molecule has 1 amide bonds. The summed E-state index contributed by atoms with van der Waals surface area (Å²) >= 11 is 0. The zero-order valence-electron chi connectivity index (χ0n) is 20.0. The summed E-state index contributed by atoms with van der Waals surface area (Å²) in [6.07, 6.45) is 7.64. The van der Waals surface area contributed by atoms with Crippen molar-refractivity contribution in [3.63, 3.8) is 0 Å². The Bertz CT molecular complexity index is 1470. The number of rotatable bonds is 6. The summed E-state index contributed by atoms with van der Waals surface area (Å²) in [6.45, 7) is 0.252. The summed E-state index contributed by atoms with van der Waals surface area (Å²) in [5, 5.41) is 9.94. The molecule has 0 spiro atoms. The molecule has 0 aliphatic heterocycles. The number of nitrogens with zero attached hydrogens (tertiary/aromatic N) is 2. The molecule has 5 rings (SSSR count). The molecule has 1 fully saturated rings. The van der Waals surface area contributed by atoms with Crippen molar-refractivity contribution in [2.75, 3.05) is 12.8 Å². The Hall–Kier alpha value is -4.14. The number of fused-ring (bicyclic) bond motifs is 1. The van der Waals surface area contributed by atoms with Crippen molar-refractivity contribution in [1.29, 1.82) is 0 Å². The van der Waals surface area contributed by atoms with Crippen molar-refractivity contribution in [3.8, 4) is 11.4 Å². The minimum atomic E-state index is -0.510. The topological polar surface area (TPSA) is 115 Å². The Morgan fingerprint density at radius 2 is 1.94 bits per heavy atom. The van der Waals surface area contributed by atoms with Crippen LogP contribution in [0.1, 0.15) is 59.5 Å². The number of carbonyl (C=O) groups is 1. The molecule has 2 aromatic heterocycles. The van der Waals surface area contributed by atoms with Gasteiger partial charge >= 0.3 is 0 Å². The highest BCUT2D eigenvalue weighted by molar-refractivity contribution is 5.97. The standard InChI is InChI=1S/C27H28FN5O3/c1-36-22-12-9-18(28)13-20(22)26(34)30-14-16-7-10-19(11-8-16)33-15-21(17-5-3-2-4-6-17)23-24(33)25(29)31-32-27(23)35/h7-13,15,17H,2-6,14H2,1H3,(H2,29,31)(H,30,34)(H,32,35). The molecule has 0 bridgehead atoms. The number of carbonyl (C=O) groups excluding carboxylic acids is 1. The Labute approximate surface area is 207 Å². The number of aromatic amines is 1. The molecule has 1 saturated carbocycles. The van der Waals surface area contributed by atoms with Crippen molar-refractivity contribution in [2.24, 2.45) is 0 Å². The van der Waals surface area contributed by atoms with Gasteiger partial charge < -0.3 is 20.4 Å². The number of hydrogen-bond donors (Lipinski definition) is 3. The van der Waals surface area contributed by atoms with E-state index in [0.29, 0.717) is 22.6 Å². The van der Waals surface area contributed by atoms with Gasteiger partial charge in [0.2, 0.25) is 0 Å². The summed E-state index contributed by atoms with van der Waals surface area (Å²) in [4.78, 5) is 25.4. The van der Waals surface area contributed by atoms with Gasteiger partial charge in [0.25, 0.3) is 11.5 Å². The van der Waals surface area contributed by atoms with Gasteiger partial charge in [-0.05, 0) is 60.2 Å². The van der Waals surface area contributed by atoms with Crippen LogP contribution in [0.2, 0.25) is 0 Å². The summed E-state index contributed by atoms with van der Waals surface area (Å²) in [6, 6.07) is 11.4. The minimum absolute atomic E-state index is 0.136. The van der Waals surface area contributed by atoms with Gasteiger partial charge in [-0.1, -0.05) is 31.4 Å². The van der Waals surface area contributed by atoms with Crippen LogP contribution < -0.4 is 21.3 Å². The number of nitrogens with one attached hydrogen (secondary N) is 2. The lowest BCUT2D eigenvalue weighted by molar-refractivity contribution is 0.0947. The third-order valence-corrected chi connectivity index (χ3v) is 6.90. The van der Waals surface area contributed by atoms with Crippen LogP contribution >= 0.6 is 0 Å². The van der Waals surface area contributed by atoms with Crippen molar-refractivity contribution < 1.29 is 13.9 Å². The maximum Gasteiger partial charge on any atom is 0.274 e. The number of methoxy groups -OCH3 is 1. The van der Waals surface area contributed by atoms with Crippen molar-refractivity contribution in [3.05, 3.63) is 81.5 Å². The largest absolute Gasteiger partial charge is 0.496 e. The van der Waals surface area contributed by atoms with Gasteiger partial charge in [0.05, 0.1) is 18.1 Å². The minimum Gasteiger partial charge on any atom is -0.496 e. The average Bonchev–Trinajstić information content (AvgIpc) is 3.32. The first kappa shape index (κ1) is 23.6. The van der Waals surface area contributed by atoms with Gasteiger partial charge in [-0.15, -0.1) is 0 Å². The SMILES string of the molecule is COc1ccc(F)cc1C(=O)NCc1ccc(-n2cc(C3CCCCC3)c3c(=O)[nH]nc(N)c32)cc1. The highest BCUT2D eigenvalue weighted by Crippen LogP contribution is 2.38. The fourth-order valence-corrected chi connectivity index (χ4v) is 5.07. The van der Waals surface area contributed by atoms with E-state index in [1.807, 2.05) is 35.0 Å². The monoisotopic (exact) mass is 489 g/mol. The molecule has 4 N–H and O–H groups in total. The number of aromatic nitrogens is 3. The smallest absolute Gasteiger partial charge is 0.274 e. The van der Waals surface area contributed by atoms with E-state index in [1.54, 1.807) is 0 Å². The number of H-pyrrole nitrogens is 1. The number of ether oxygens (including phenoxy) is 1. The van der Waals surface area contributed by atoms with Crippen LogP contribution in [0.3, 0.4) is 0 Å². The first-order valence-corrected chi connectivity index (χ1v) is 12.1. The molecule has 0 atom stereocenters. The van der Waals surface area contributed by atoms with Crippen LogP contribution in [0.4, 0.5) is 10.2 Å². The van der Waals surface area contributed by atoms with Crippen LogP contribution in [0.5, 0.6) is 5.75 Å². The number of amides is 1. The van der Waals surface area contributed by atoms with Gasteiger partial charge in [0.1, 0.15) is 17.1 Å². The van der Waals surface area contributed by atoms with Crippen molar-refractivity contribution >= 4 is 22.6 Å². The fourth-order valence-electron chi connectivity index (χ4n) is 5.07. The first-order valence-electron chi connectivity index (χ1n) is 12.1. The molecule has 2 aromatic carbocycles. The summed E-state index contributed by atoms with van der Waals surface area (Å²) in [7, 11) is 1.43. The molecule has 1 aliphatic carbocycles. The zero-order chi connectivity index (χ0) is 25.2. The number of nitrogen functional groups attached to an aromatic ring is 1. The number of benzene rings is 2. The molecule has 1 aliphatic rings. The van der Waals surface area contributed by atoms with E-state index in [4.69, 9.17) is 10.5 Å². The molecular formula is C27H28FN5O3. The summed E-state index contributed by atoms with van der Waals surface area (Å²) in [5.41, 5.74) is 9.44. The van der Waals surface area contributed by atoms with Gasteiger partial charge in [-0.2, -0.15) is 5.10 Å². The van der Waals surface area contributed by atoms with E-state index in [0.717, 1.165) is 48.6 Å². The lowest BCUT2D eigenvalue weighted by atomic mass is 9.84. The lowest BCUT2D eigenvalue weighted by Gasteiger charge is -2.20. The van der Waals surface area contributed by atoms with Crippen LogP contribution in [-0.2, 0) is 6.54 Å². The second-order valence-corrected chi connectivity index (χ2v) is 9.14. The third kappa shape index (κ3) is 4.44. The number of hydrogen-bond acceptors (Lipinski definition) is 5. The highest BCUT2D eigenvalue weighted by atomic mass is 19.1. The second kappa shape index (κ2) is 9.85. The third-order valence-electron chi connectivity index (χ3n) is 6.90.